The molecule has 1 amide bonds. The Kier molecular flexibility index (Phi) is 6.27. The average Bonchev–Trinajstić information content (AvgIpc) is 3.43. The van der Waals surface area contributed by atoms with Gasteiger partial charge in [-0.1, -0.05) is 28.9 Å². The van der Waals surface area contributed by atoms with Crippen molar-refractivity contribution >= 4 is 39.5 Å². The van der Waals surface area contributed by atoms with E-state index >= 15 is 0 Å². The predicted octanol–water partition coefficient (Wildman–Crippen LogP) is 5.59. The molecule has 1 aliphatic carbocycles. The molecule has 5 aromatic rings. The summed E-state index contributed by atoms with van der Waals surface area (Å²) in [5, 5.41) is 8.54. The fourth-order valence-electron chi connectivity index (χ4n) is 5.57. The number of para-hydroxylation sites is 2. The Morgan fingerprint density at radius 3 is 2.61 bits per heavy atom. The van der Waals surface area contributed by atoms with Crippen LogP contribution >= 0.6 is 11.6 Å². The number of pyridine rings is 1. The Bertz CT molecular complexity index is 1730. The number of nitrogens with zero attached hydrogens (tertiary/aromatic N) is 4. The minimum atomic E-state index is -0.139. The molecule has 3 heterocycles. The first-order chi connectivity index (χ1) is 18.4. The first kappa shape index (κ1) is 24.4. The van der Waals surface area contributed by atoms with Crippen molar-refractivity contribution in [1.29, 1.82) is 0 Å². The van der Waals surface area contributed by atoms with E-state index in [4.69, 9.17) is 16.1 Å². The maximum Gasteiger partial charge on any atom is 0.333 e. The number of aromatic nitrogens is 4. The SMILES string of the molecule is Cc1ncc(Cl)cc1C(=O)N[C@H]1CC[C@H](Cn2c(=O)n(-c3ccc4onc(C)c4c3)c3ccccc32)CC1. The molecule has 0 bridgehead atoms. The third-order valence-corrected chi connectivity index (χ3v) is 7.86. The summed E-state index contributed by atoms with van der Waals surface area (Å²) in [7, 11) is 0. The van der Waals surface area contributed by atoms with Crippen LogP contribution in [0.5, 0.6) is 0 Å². The molecule has 0 unspecified atom stereocenters. The Hall–Kier alpha value is -3.91. The summed E-state index contributed by atoms with van der Waals surface area (Å²) in [6, 6.07) is 15.4. The Labute approximate surface area is 224 Å². The molecule has 1 N–H and O–H groups in total. The average molecular weight is 530 g/mol. The summed E-state index contributed by atoms with van der Waals surface area (Å²) in [6.07, 6.45) is 5.12. The van der Waals surface area contributed by atoms with E-state index in [1.54, 1.807) is 16.8 Å². The highest BCUT2D eigenvalue weighted by atomic mass is 35.5. The Morgan fingerprint density at radius 2 is 1.82 bits per heavy atom. The number of fused-ring (bicyclic) bond motifs is 2. The standard InChI is InChI=1S/C29H28ClN5O3/c1-17-24(13-20(30)15-31-17)28(36)32-21-9-7-19(8-10-21)16-34-25-5-3-4-6-26(25)35(29(34)37)22-11-12-27-23(14-22)18(2)33-38-27/h3-6,11-15,19,21H,7-10,16H2,1-2H3,(H,32,36)/t19-,21-. The van der Waals surface area contributed by atoms with Gasteiger partial charge in [0.25, 0.3) is 5.91 Å². The van der Waals surface area contributed by atoms with Crippen LogP contribution in [0.25, 0.3) is 27.7 Å². The van der Waals surface area contributed by atoms with Gasteiger partial charge in [-0.3, -0.25) is 18.9 Å². The van der Waals surface area contributed by atoms with E-state index in [2.05, 4.69) is 15.5 Å². The Balaban J connectivity index is 1.21. The van der Waals surface area contributed by atoms with Crippen molar-refractivity contribution in [2.24, 2.45) is 5.92 Å². The van der Waals surface area contributed by atoms with Crippen LogP contribution in [0, 0.1) is 19.8 Å². The van der Waals surface area contributed by atoms with E-state index < -0.39 is 0 Å². The number of hydrogen-bond acceptors (Lipinski definition) is 5. The van der Waals surface area contributed by atoms with Crippen molar-refractivity contribution < 1.29 is 9.32 Å². The van der Waals surface area contributed by atoms with E-state index in [0.717, 1.165) is 53.5 Å². The zero-order chi connectivity index (χ0) is 26.4. The molecule has 0 atom stereocenters. The molecule has 38 heavy (non-hydrogen) atoms. The second kappa shape index (κ2) is 9.76. The molecule has 9 heteroatoms. The number of carbonyl (C=O) groups is 1. The molecule has 2 aromatic carbocycles. The van der Waals surface area contributed by atoms with Gasteiger partial charge in [-0.05, 0) is 81.8 Å². The van der Waals surface area contributed by atoms with Crippen LogP contribution in [0.15, 0.2) is 64.0 Å². The van der Waals surface area contributed by atoms with Gasteiger partial charge in [-0.25, -0.2) is 4.79 Å². The molecule has 1 aliphatic rings. The van der Waals surface area contributed by atoms with E-state index in [-0.39, 0.29) is 17.6 Å². The zero-order valence-corrected chi connectivity index (χ0v) is 22.0. The molecular formula is C29H28ClN5O3. The van der Waals surface area contributed by atoms with Crippen LogP contribution < -0.4 is 11.0 Å². The van der Waals surface area contributed by atoms with E-state index in [1.165, 1.54) is 0 Å². The fraction of sp³-hybridized carbons (Fsp3) is 0.310. The number of aryl methyl sites for hydroxylation is 2. The smallest absolute Gasteiger partial charge is 0.333 e. The largest absolute Gasteiger partial charge is 0.356 e. The predicted molar refractivity (Wildman–Crippen MR) is 147 cm³/mol. The van der Waals surface area contributed by atoms with Gasteiger partial charge in [0.15, 0.2) is 5.58 Å². The number of nitrogens with one attached hydrogen (secondary N) is 1. The Morgan fingerprint density at radius 1 is 1.05 bits per heavy atom. The zero-order valence-electron chi connectivity index (χ0n) is 21.3. The summed E-state index contributed by atoms with van der Waals surface area (Å²) >= 11 is 6.04. The van der Waals surface area contributed by atoms with E-state index in [0.29, 0.717) is 34.3 Å². The summed E-state index contributed by atoms with van der Waals surface area (Å²) in [5.74, 6) is 0.206. The summed E-state index contributed by atoms with van der Waals surface area (Å²) in [4.78, 5) is 30.8. The number of halogens is 1. The number of imidazole rings is 1. The van der Waals surface area contributed by atoms with E-state index in [1.807, 2.05) is 60.9 Å². The van der Waals surface area contributed by atoms with Crippen LogP contribution in [-0.4, -0.2) is 31.2 Å². The van der Waals surface area contributed by atoms with Gasteiger partial charge in [-0.15, -0.1) is 0 Å². The summed E-state index contributed by atoms with van der Waals surface area (Å²) in [5.41, 5.74) is 5.20. The van der Waals surface area contributed by atoms with Gasteiger partial charge < -0.3 is 9.84 Å². The lowest BCUT2D eigenvalue weighted by Gasteiger charge is -2.29. The van der Waals surface area contributed by atoms with Crippen LogP contribution in [0.3, 0.4) is 0 Å². The molecule has 194 valence electrons. The highest BCUT2D eigenvalue weighted by Gasteiger charge is 2.26. The third kappa shape index (κ3) is 4.39. The van der Waals surface area contributed by atoms with Crippen LogP contribution in [0.2, 0.25) is 5.02 Å². The second-order valence-electron chi connectivity index (χ2n) is 10.1. The first-order valence-corrected chi connectivity index (χ1v) is 13.3. The van der Waals surface area contributed by atoms with Crippen molar-refractivity contribution in [2.45, 2.75) is 52.1 Å². The van der Waals surface area contributed by atoms with Crippen molar-refractivity contribution in [2.75, 3.05) is 0 Å². The normalized spacial score (nSPS) is 17.8. The molecule has 8 nitrogen and oxygen atoms in total. The maximum absolute atomic E-state index is 13.8. The van der Waals surface area contributed by atoms with Gasteiger partial charge >= 0.3 is 5.69 Å². The molecule has 0 spiro atoms. The topological polar surface area (TPSA) is 95.0 Å². The monoisotopic (exact) mass is 529 g/mol. The van der Waals surface area contributed by atoms with Crippen molar-refractivity contribution in [1.82, 2.24) is 24.6 Å². The first-order valence-electron chi connectivity index (χ1n) is 12.9. The van der Waals surface area contributed by atoms with Crippen LogP contribution in [-0.2, 0) is 6.54 Å². The minimum absolute atomic E-state index is 0.0565. The lowest BCUT2D eigenvalue weighted by molar-refractivity contribution is 0.0919. The molecule has 1 saturated carbocycles. The molecular weight excluding hydrogens is 502 g/mol. The van der Waals surface area contributed by atoms with Gasteiger partial charge in [0.1, 0.15) is 0 Å². The highest BCUT2D eigenvalue weighted by Crippen LogP contribution is 2.28. The van der Waals surface area contributed by atoms with Gasteiger partial charge in [0.2, 0.25) is 0 Å². The van der Waals surface area contributed by atoms with Gasteiger partial charge in [0, 0.05) is 24.2 Å². The summed E-state index contributed by atoms with van der Waals surface area (Å²) < 4.78 is 9.02. The maximum atomic E-state index is 13.8. The lowest BCUT2D eigenvalue weighted by Crippen LogP contribution is -2.39. The molecule has 0 radical (unpaired) electrons. The van der Waals surface area contributed by atoms with Crippen molar-refractivity contribution in [3.8, 4) is 5.69 Å². The van der Waals surface area contributed by atoms with Crippen molar-refractivity contribution in [3.05, 3.63) is 87.2 Å². The number of benzene rings is 2. The molecule has 0 aliphatic heterocycles. The minimum Gasteiger partial charge on any atom is -0.356 e. The molecule has 6 rings (SSSR count). The van der Waals surface area contributed by atoms with Crippen LogP contribution in [0.1, 0.15) is 47.4 Å². The molecule has 0 saturated heterocycles. The number of carbonyl (C=O) groups excluding carboxylic acids is 1. The molecule has 3 aromatic heterocycles. The van der Waals surface area contributed by atoms with Gasteiger partial charge in [0.05, 0.1) is 38.7 Å². The summed E-state index contributed by atoms with van der Waals surface area (Å²) in [6.45, 7) is 4.34. The fourth-order valence-corrected chi connectivity index (χ4v) is 5.73. The second-order valence-corrected chi connectivity index (χ2v) is 10.6. The van der Waals surface area contributed by atoms with Gasteiger partial charge in [-0.2, -0.15) is 0 Å². The quantitative estimate of drug-likeness (QED) is 0.320. The highest BCUT2D eigenvalue weighted by molar-refractivity contribution is 6.30. The number of rotatable bonds is 5. The number of amides is 1. The third-order valence-electron chi connectivity index (χ3n) is 7.65. The van der Waals surface area contributed by atoms with Crippen molar-refractivity contribution in [3.63, 3.8) is 0 Å². The number of hydrogen-bond donors (Lipinski definition) is 1. The van der Waals surface area contributed by atoms with E-state index in [9.17, 15) is 9.59 Å². The molecule has 1 fully saturated rings. The van der Waals surface area contributed by atoms with Crippen LogP contribution in [0.4, 0.5) is 0 Å². The lowest BCUT2D eigenvalue weighted by atomic mass is 9.85.